The van der Waals surface area contributed by atoms with Crippen LogP contribution in [0, 0.1) is 13.8 Å². The monoisotopic (exact) mass is 328 g/mol. The number of nitrogens with zero attached hydrogens (tertiary/aromatic N) is 1. The zero-order chi connectivity index (χ0) is 14.9. The normalized spacial score (nSPS) is 10.4. The molecule has 0 saturated heterocycles. The minimum atomic E-state index is -0.292. The summed E-state index contributed by atoms with van der Waals surface area (Å²) in [4.78, 5) is 16.2. The van der Waals surface area contributed by atoms with E-state index in [-0.39, 0.29) is 16.2 Å². The lowest BCUT2D eigenvalue weighted by molar-refractivity contribution is 0.102. The van der Waals surface area contributed by atoms with E-state index < -0.39 is 0 Å². The average molecular weight is 330 g/mol. The first-order chi connectivity index (χ1) is 9.38. The zero-order valence-corrected chi connectivity index (χ0v) is 13.1. The lowest BCUT2D eigenvalue weighted by Gasteiger charge is -2.11. The van der Waals surface area contributed by atoms with Crippen molar-refractivity contribution in [1.82, 2.24) is 4.98 Å². The van der Waals surface area contributed by atoms with Crippen LogP contribution in [-0.2, 0) is 0 Å². The Hall–Kier alpha value is -1.29. The quantitative estimate of drug-likeness (QED) is 0.795. The molecule has 1 amide bonds. The molecule has 0 aliphatic carbocycles. The molecule has 0 aliphatic rings. The van der Waals surface area contributed by atoms with Crippen LogP contribution in [-0.4, -0.2) is 10.9 Å². The van der Waals surface area contributed by atoms with E-state index in [4.69, 9.17) is 34.8 Å². The van der Waals surface area contributed by atoms with E-state index in [1.165, 1.54) is 0 Å². The Morgan fingerprint density at radius 2 is 1.80 bits per heavy atom. The maximum atomic E-state index is 12.3. The van der Waals surface area contributed by atoms with Crippen molar-refractivity contribution in [3.8, 4) is 0 Å². The maximum absolute atomic E-state index is 12.3. The molecule has 0 spiro atoms. The van der Waals surface area contributed by atoms with E-state index in [9.17, 15) is 4.79 Å². The summed E-state index contributed by atoms with van der Waals surface area (Å²) in [6.45, 7) is 3.62. The van der Waals surface area contributed by atoms with Crippen LogP contribution in [0.25, 0.3) is 0 Å². The molecule has 0 unspecified atom stereocenters. The average Bonchev–Trinajstić information content (AvgIpc) is 2.36. The largest absolute Gasteiger partial charge is 0.319 e. The van der Waals surface area contributed by atoms with Gasteiger partial charge in [-0.25, -0.2) is 4.98 Å². The van der Waals surface area contributed by atoms with Gasteiger partial charge in [0, 0.05) is 10.6 Å². The third kappa shape index (κ3) is 3.23. The Balaban J connectivity index is 2.35. The summed E-state index contributed by atoms with van der Waals surface area (Å²) in [6.07, 6.45) is 0. The van der Waals surface area contributed by atoms with Crippen LogP contribution in [0.4, 0.5) is 5.69 Å². The van der Waals surface area contributed by atoms with Crippen molar-refractivity contribution in [2.45, 2.75) is 13.8 Å². The molecule has 1 aromatic carbocycles. The van der Waals surface area contributed by atoms with E-state index in [2.05, 4.69) is 10.3 Å². The maximum Gasteiger partial charge on any atom is 0.256 e. The molecule has 20 heavy (non-hydrogen) atoms. The SMILES string of the molecule is Cc1ccc(Cl)cc1C(=O)Nc1c(C)cc(Cl)nc1Cl. The number of pyridine rings is 1. The lowest BCUT2D eigenvalue weighted by atomic mass is 10.1. The van der Waals surface area contributed by atoms with Gasteiger partial charge in [0.2, 0.25) is 0 Å². The lowest BCUT2D eigenvalue weighted by Crippen LogP contribution is -2.15. The second-order valence-corrected chi connectivity index (χ2v) is 5.52. The van der Waals surface area contributed by atoms with Crippen LogP contribution in [0.5, 0.6) is 0 Å². The number of anilines is 1. The van der Waals surface area contributed by atoms with Crippen LogP contribution < -0.4 is 5.32 Å². The molecule has 0 radical (unpaired) electrons. The second-order valence-electron chi connectivity index (χ2n) is 4.34. The summed E-state index contributed by atoms with van der Waals surface area (Å²) >= 11 is 17.7. The number of hydrogen-bond donors (Lipinski definition) is 1. The Morgan fingerprint density at radius 1 is 1.10 bits per heavy atom. The van der Waals surface area contributed by atoms with Gasteiger partial charge in [0.1, 0.15) is 5.15 Å². The van der Waals surface area contributed by atoms with Gasteiger partial charge in [0.05, 0.1) is 5.69 Å². The minimum absolute atomic E-state index is 0.156. The molecule has 0 saturated carbocycles. The first-order valence-corrected chi connectivity index (χ1v) is 6.92. The number of carbonyl (C=O) groups is 1. The van der Waals surface area contributed by atoms with Gasteiger partial charge in [-0.15, -0.1) is 0 Å². The molecular weight excluding hydrogens is 319 g/mol. The standard InChI is InChI=1S/C14H11Cl3N2O/c1-7-3-4-9(15)6-10(7)14(20)19-12-8(2)5-11(16)18-13(12)17/h3-6H,1-2H3,(H,19,20). The molecule has 1 N–H and O–H groups in total. The summed E-state index contributed by atoms with van der Waals surface area (Å²) in [5.74, 6) is -0.292. The van der Waals surface area contributed by atoms with Crippen LogP contribution in [0.3, 0.4) is 0 Å². The van der Waals surface area contributed by atoms with Gasteiger partial charge in [0.25, 0.3) is 5.91 Å². The highest BCUT2D eigenvalue weighted by Crippen LogP contribution is 2.27. The third-order valence-electron chi connectivity index (χ3n) is 2.82. The van der Waals surface area contributed by atoms with Gasteiger partial charge in [-0.2, -0.15) is 0 Å². The molecule has 0 fully saturated rings. The predicted molar refractivity (Wildman–Crippen MR) is 83.1 cm³/mol. The molecule has 6 heteroatoms. The number of hydrogen-bond acceptors (Lipinski definition) is 2. The molecule has 0 aliphatic heterocycles. The Bertz CT molecular complexity index is 663. The van der Waals surface area contributed by atoms with Crippen LogP contribution in [0.15, 0.2) is 24.3 Å². The van der Waals surface area contributed by atoms with Crippen molar-refractivity contribution in [3.63, 3.8) is 0 Å². The van der Waals surface area contributed by atoms with E-state index in [0.717, 1.165) is 11.1 Å². The van der Waals surface area contributed by atoms with Crippen molar-refractivity contribution < 1.29 is 4.79 Å². The van der Waals surface area contributed by atoms with Crippen molar-refractivity contribution in [1.29, 1.82) is 0 Å². The highest BCUT2D eigenvalue weighted by atomic mass is 35.5. The topological polar surface area (TPSA) is 42.0 Å². The Kier molecular flexibility index (Phi) is 4.53. The number of rotatable bonds is 2. The number of aryl methyl sites for hydroxylation is 2. The molecule has 2 rings (SSSR count). The highest BCUT2D eigenvalue weighted by molar-refractivity contribution is 6.35. The summed E-state index contributed by atoms with van der Waals surface area (Å²) in [7, 11) is 0. The van der Waals surface area contributed by atoms with E-state index in [1.54, 1.807) is 31.2 Å². The van der Waals surface area contributed by atoms with Crippen LogP contribution in [0.1, 0.15) is 21.5 Å². The van der Waals surface area contributed by atoms with Gasteiger partial charge >= 0.3 is 0 Å². The molecule has 1 heterocycles. The number of carbonyl (C=O) groups excluding carboxylic acids is 1. The molecule has 2 aromatic rings. The summed E-state index contributed by atoms with van der Waals surface area (Å²) in [6, 6.07) is 6.76. The smallest absolute Gasteiger partial charge is 0.256 e. The van der Waals surface area contributed by atoms with Crippen molar-refractivity contribution >= 4 is 46.4 Å². The summed E-state index contributed by atoms with van der Waals surface area (Å²) in [5.41, 5.74) is 2.49. The summed E-state index contributed by atoms with van der Waals surface area (Å²) < 4.78 is 0. The predicted octanol–water partition coefficient (Wildman–Crippen LogP) is 4.91. The van der Waals surface area contributed by atoms with Gasteiger partial charge < -0.3 is 5.32 Å². The fraction of sp³-hybridized carbons (Fsp3) is 0.143. The molecule has 104 valence electrons. The second kappa shape index (κ2) is 6.00. The fourth-order valence-corrected chi connectivity index (χ4v) is 2.52. The Morgan fingerprint density at radius 3 is 2.45 bits per heavy atom. The summed E-state index contributed by atoms with van der Waals surface area (Å²) in [5, 5.41) is 3.67. The van der Waals surface area contributed by atoms with Gasteiger partial charge in [-0.3, -0.25) is 4.79 Å². The number of aromatic nitrogens is 1. The van der Waals surface area contributed by atoms with Gasteiger partial charge in [-0.1, -0.05) is 40.9 Å². The molecule has 0 atom stereocenters. The van der Waals surface area contributed by atoms with E-state index >= 15 is 0 Å². The first kappa shape index (κ1) is 15.1. The molecule has 1 aromatic heterocycles. The number of nitrogens with one attached hydrogen (secondary N) is 1. The van der Waals surface area contributed by atoms with Crippen molar-refractivity contribution in [3.05, 3.63) is 56.3 Å². The van der Waals surface area contributed by atoms with Gasteiger partial charge in [-0.05, 0) is 43.2 Å². The third-order valence-corrected chi connectivity index (χ3v) is 3.53. The van der Waals surface area contributed by atoms with Gasteiger partial charge in [0.15, 0.2) is 5.15 Å². The Labute approximate surface area is 131 Å². The zero-order valence-electron chi connectivity index (χ0n) is 10.8. The molecule has 3 nitrogen and oxygen atoms in total. The van der Waals surface area contributed by atoms with Crippen molar-refractivity contribution in [2.75, 3.05) is 5.32 Å². The van der Waals surface area contributed by atoms with Crippen LogP contribution >= 0.6 is 34.8 Å². The van der Waals surface area contributed by atoms with Crippen molar-refractivity contribution in [2.24, 2.45) is 0 Å². The minimum Gasteiger partial charge on any atom is -0.319 e. The first-order valence-electron chi connectivity index (χ1n) is 5.78. The molecule has 0 bridgehead atoms. The highest BCUT2D eigenvalue weighted by Gasteiger charge is 2.14. The van der Waals surface area contributed by atoms with Crippen LogP contribution in [0.2, 0.25) is 15.3 Å². The fourth-order valence-electron chi connectivity index (χ4n) is 1.77. The number of benzene rings is 1. The van der Waals surface area contributed by atoms with E-state index in [1.807, 2.05) is 6.92 Å². The van der Waals surface area contributed by atoms with E-state index in [0.29, 0.717) is 16.3 Å². The number of amides is 1. The molecular formula is C14H11Cl3N2O. The number of halogens is 3.